The minimum atomic E-state index is -0.991. The van der Waals surface area contributed by atoms with Gasteiger partial charge in [0.2, 0.25) is 0 Å². The van der Waals surface area contributed by atoms with Gasteiger partial charge in [-0.05, 0) is 6.07 Å². The number of carbonyl (C=O) groups excluding carboxylic acids is 1. The standard InChI is InChI=1S/C8H7N3O6/c1-17-8(12)5-3-2-4-6(10(13)14)7(5)9-11(15)16/h2-4,9H,1H3. The van der Waals surface area contributed by atoms with E-state index in [0.717, 1.165) is 13.2 Å². The van der Waals surface area contributed by atoms with Gasteiger partial charge < -0.3 is 4.74 Å². The summed E-state index contributed by atoms with van der Waals surface area (Å²) in [4.78, 5) is 31.4. The first-order chi connectivity index (χ1) is 7.97. The number of nitro groups is 2. The fraction of sp³-hybridized carbons (Fsp3) is 0.125. The molecule has 90 valence electrons. The number of hydrogen-bond donors (Lipinski definition) is 1. The van der Waals surface area contributed by atoms with E-state index in [4.69, 9.17) is 0 Å². The van der Waals surface area contributed by atoms with Crippen LogP contribution in [-0.2, 0) is 4.74 Å². The van der Waals surface area contributed by atoms with Crippen LogP contribution in [0.2, 0.25) is 0 Å². The van der Waals surface area contributed by atoms with Crippen LogP contribution in [0.15, 0.2) is 18.2 Å². The third-order valence-corrected chi connectivity index (χ3v) is 1.85. The summed E-state index contributed by atoms with van der Waals surface area (Å²) < 4.78 is 4.37. The maximum absolute atomic E-state index is 11.3. The number of nitro benzene ring substituents is 1. The molecular weight excluding hydrogens is 234 g/mol. The molecule has 1 rings (SSSR count). The number of rotatable bonds is 4. The van der Waals surface area contributed by atoms with Gasteiger partial charge in [-0.15, -0.1) is 5.43 Å². The molecule has 0 bridgehead atoms. The summed E-state index contributed by atoms with van der Waals surface area (Å²) in [6.45, 7) is 0. The van der Waals surface area contributed by atoms with Gasteiger partial charge in [0, 0.05) is 6.07 Å². The smallest absolute Gasteiger partial charge is 0.340 e. The Balaban J connectivity index is 3.38. The maximum Gasteiger partial charge on any atom is 0.340 e. The Morgan fingerprint density at radius 3 is 2.47 bits per heavy atom. The molecule has 0 saturated heterocycles. The average Bonchev–Trinajstić information content (AvgIpc) is 2.27. The van der Waals surface area contributed by atoms with Crippen molar-refractivity contribution in [3.8, 4) is 0 Å². The molecule has 0 unspecified atom stereocenters. The molecule has 0 aliphatic rings. The number of hydrogen-bond acceptors (Lipinski definition) is 6. The largest absolute Gasteiger partial charge is 0.465 e. The summed E-state index contributed by atoms with van der Waals surface area (Å²) in [5.74, 6) is -0.905. The Hall–Kier alpha value is -2.71. The maximum atomic E-state index is 11.3. The van der Waals surface area contributed by atoms with Crippen LogP contribution in [0.25, 0.3) is 0 Å². The number of anilines is 1. The van der Waals surface area contributed by atoms with Crippen molar-refractivity contribution < 1.29 is 19.5 Å². The van der Waals surface area contributed by atoms with E-state index in [9.17, 15) is 25.0 Å². The number of ether oxygens (including phenoxy) is 1. The second-order valence-corrected chi connectivity index (χ2v) is 2.82. The van der Waals surface area contributed by atoms with Crippen molar-refractivity contribution in [3.63, 3.8) is 0 Å². The molecule has 0 fully saturated rings. The zero-order chi connectivity index (χ0) is 13.0. The molecule has 0 heterocycles. The van der Waals surface area contributed by atoms with Gasteiger partial charge in [-0.1, -0.05) is 6.07 Å². The van der Waals surface area contributed by atoms with E-state index in [-0.39, 0.29) is 5.56 Å². The minimum absolute atomic E-state index is 0.279. The molecule has 0 amide bonds. The van der Waals surface area contributed by atoms with E-state index in [1.807, 2.05) is 0 Å². The van der Waals surface area contributed by atoms with E-state index < -0.39 is 27.3 Å². The predicted octanol–water partition coefficient (Wildman–Crippen LogP) is 0.985. The molecule has 0 aromatic heterocycles. The van der Waals surface area contributed by atoms with E-state index in [2.05, 4.69) is 4.74 Å². The highest BCUT2D eigenvalue weighted by Gasteiger charge is 2.25. The van der Waals surface area contributed by atoms with Gasteiger partial charge in [-0.25, -0.2) is 14.9 Å². The number of nitrogens with zero attached hydrogens (tertiary/aromatic N) is 2. The quantitative estimate of drug-likeness (QED) is 0.473. The minimum Gasteiger partial charge on any atom is -0.465 e. The number of carbonyl (C=O) groups is 1. The number of benzene rings is 1. The summed E-state index contributed by atoms with van der Waals surface area (Å²) in [6.07, 6.45) is 0. The van der Waals surface area contributed by atoms with Crippen LogP contribution >= 0.6 is 0 Å². The van der Waals surface area contributed by atoms with Crippen LogP contribution in [0, 0.1) is 20.2 Å². The first kappa shape index (κ1) is 12.4. The van der Waals surface area contributed by atoms with E-state index >= 15 is 0 Å². The SMILES string of the molecule is COC(=O)c1cccc([N+](=O)[O-])c1N[N+](=O)[O-]. The lowest BCUT2D eigenvalue weighted by Gasteiger charge is -2.05. The van der Waals surface area contributed by atoms with Crippen LogP contribution in [0.5, 0.6) is 0 Å². The summed E-state index contributed by atoms with van der Waals surface area (Å²) in [5, 5.41) is 20.0. The molecule has 0 aliphatic carbocycles. The van der Waals surface area contributed by atoms with Crippen molar-refractivity contribution in [1.82, 2.24) is 0 Å². The second-order valence-electron chi connectivity index (χ2n) is 2.82. The van der Waals surface area contributed by atoms with Crippen molar-refractivity contribution >= 4 is 17.3 Å². The van der Waals surface area contributed by atoms with Crippen molar-refractivity contribution in [1.29, 1.82) is 0 Å². The Kier molecular flexibility index (Phi) is 3.55. The van der Waals surface area contributed by atoms with Crippen molar-refractivity contribution in [2.75, 3.05) is 12.5 Å². The molecule has 17 heavy (non-hydrogen) atoms. The summed E-state index contributed by atoms with van der Waals surface area (Å²) in [7, 11) is 1.07. The average molecular weight is 241 g/mol. The first-order valence-electron chi connectivity index (χ1n) is 4.24. The fourth-order valence-corrected chi connectivity index (χ4v) is 1.18. The van der Waals surface area contributed by atoms with Crippen LogP contribution < -0.4 is 5.43 Å². The Bertz CT molecular complexity index is 486. The van der Waals surface area contributed by atoms with Crippen LogP contribution in [-0.4, -0.2) is 23.0 Å². The lowest BCUT2D eigenvalue weighted by molar-refractivity contribution is -0.447. The number of methoxy groups -OCH3 is 1. The van der Waals surface area contributed by atoms with Crippen molar-refractivity contribution in [2.45, 2.75) is 0 Å². The van der Waals surface area contributed by atoms with Gasteiger partial charge in [0.1, 0.15) is 0 Å². The Morgan fingerprint density at radius 2 is 2.00 bits per heavy atom. The van der Waals surface area contributed by atoms with Crippen LogP contribution in [0.4, 0.5) is 11.4 Å². The lowest BCUT2D eigenvalue weighted by atomic mass is 10.1. The normalized spacial score (nSPS) is 9.47. The fourth-order valence-electron chi connectivity index (χ4n) is 1.18. The van der Waals surface area contributed by atoms with E-state index in [0.29, 0.717) is 0 Å². The number of hydrazine groups is 1. The molecule has 0 spiro atoms. The van der Waals surface area contributed by atoms with E-state index in [1.54, 1.807) is 5.43 Å². The van der Waals surface area contributed by atoms with Gasteiger partial charge in [-0.3, -0.25) is 10.1 Å². The zero-order valence-corrected chi connectivity index (χ0v) is 8.58. The molecule has 0 aliphatic heterocycles. The lowest BCUT2D eigenvalue weighted by Crippen LogP contribution is -2.14. The molecular formula is C8H7N3O6. The molecule has 1 N–H and O–H groups in total. The van der Waals surface area contributed by atoms with Gasteiger partial charge in [0.05, 0.1) is 17.6 Å². The summed E-state index contributed by atoms with van der Waals surface area (Å²) in [5.41, 5.74) is 0.255. The topological polar surface area (TPSA) is 125 Å². The molecule has 1 aromatic carbocycles. The monoisotopic (exact) mass is 241 g/mol. The highest BCUT2D eigenvalue weighted by molar-refractivity contribution is 5.97. The van der Waals surface area contributed by atoms with Gasteiger partial charge in [0.25, 0.3) is 5.69 Å². The predicted molar refractivity (Wildman–Crippen MR) is 55.1 cm³/mol. The van der Waals surface area contributed by atoms with Gasteiger partial charge >= 0.3 is 5.97 Å². The summed E-state index contributed by atoms with van der Waals surface area (Å²) in [6, 6.07) is 3.46. The summed E-state index contributed by atoms with van der Waals surface area (Å²) >= 11 is 0. The second kappa shape index (κ2) is 4.88. The Labute approximate surface area is 94.3 Å². The van der Waals surface area contributed by atoms with Gasteiger partial charge in [0.15, 0.2) is 10.7 Å². The third kappa shape index (κ3) is 2.65. The molecule has 9 heteroatoms. The van der Waals surface area contributed by atoms with Gasteiger partial charge in [-0.2, -0.15) is 0 Å². The number of para-hydroxylation sites is 1. The van der Waals surface area contributed by atoms with E-state index in [1.165, 1.54) is 12.1 Å². The highest BCUT2D eigenvalue weighted by Crippen LogP contribution is 2.28. The van der Waals surface area contributed by atoms with Crippen LogP contribution in [0.3, 0.4) is 0 Å². The zero-order valence-electron chi connectivity index (χ0n) is 8.58. The molecule has 9 nitrogen and oxygen atoms in total. The van der Waals surface area contributed by atoms with Crippen molar-refractivity contribution in [3.05, 3.63) is 44.0 Å². The molecule has 0 atom stereocenters. The number of esters is 1. The first-order valence-corrected chi connectivity index (χ1v) is 4.24. The molecule has 0 saturated carbocycles. The molecule has 0 radical (unpaired) electrons. The number of nitrogens with one attached hydrogen (secondary N) is 1. The van der Waals surface area contributed by atoms with Crippen molar-refractivity contribution in [2.24, 2.45) is 0 Å². The molecule has 1 aromatic rings. The third-order valence-electron chi connectivity index (χ3n) is 1.85. The van der Waals surface area contributed by atoms with Crippen LogP contribution in [0.1, 0.15) is 10.4 Å². The Morgan fingerprint density at radius 1 is 1.35 bits per heavy atom. The highest BCUT2D eigenvalue weighted by atomic mass is 16.7.